The van der Waals surface area contributed by atoms with E-state index in [1.54, 1.807) is 11.3 Å². The van der Waals surface area contributed by atoms with Gasteiger partial charge < -0.3 is 4.90 Å². The molecular formula is C17H21N5S. The number of nitrogens with zero attached hydrogens (tertiary/aromatic N) is 5. The Balaban J connectivity index is 1.59. The molecule has 1 aromatic carbocycles. The highest BCUT2D eigenvalue weighted by molar-refractivity contribution is 7.19. The third kappa shape index (κ3) is 3.01. The van der Waals surface area contributed by atoms with Crippen LogP contribution in [0.4, 0.5) is 0 Å². The molecule has 2 aromatic heterocycles. The van der Waals surface area contributed by atoms with Gasteiger partial charge in [0, 0.05) is 18.0 Å². The SMILES string of the molecule is CC(CN1CCCCC1)c1nnc2sc(-c3ccccc3)nn12. The van der Waals surface area contributed by atoms with Crippen molar-refractivity contribution >= 4 is 16.3 Å². The number of rotatable bonds is 4. The average Bonchev–Trinajstić information content (AvgIpc) is 3.17. The first-order chi connectivity index (χ1) is 11.3. The molecule has 0 bridgehead atoms. The summed E-state index contributed by atoms with van der Waals surface area (Å²) >= 11 is 1.60. The van der Waals surface area contributed by atoms with E-state index in [0.29, 0.717) is 5.92 Å². The molecule has 120 valence electrons. The number of benzene rings is 1. The second kappa shape index (κ2) is 6.37. The summed E-state index contributed by atoms with van der Waals surface area (Å²) in [4.78, 5) is 3.42. The molecule has 1 fully saturated rings. The van der Waals surface area contributed by atoms with Gasteiger partial charge in [-0.3, -0.25) is 0 Å². The van der Waals surface area contributed by atoms with Gasteiger partial charge in [-0.25, -0.2) is 0 Å². The minimum atomic E-state index is 0.342. The van der Waals surface area contributed by atoms with Crippen LogP contribution in [0.1, 0.15) is 37.9 Å². The van der Waals surface area contributed by atoms with Gasteiger partial charge in [0.05, 0.1) is 0 Å². The molecule has 0 N–H and O–H groups in total. The van der Waals surface area contributed by atoms with Crippen LogP contribution in [0.2, 0.25) is 0 Å². The highest BCUT2D eigenvalue weighted by Gasteiger charge is 2.21. The molecule has 3 aromatic rings. The van der Waals surface area contributed by atoms with Gasteiger partial charge in [0.1, 0.15) is 5.01 Å². The van der Waals surface area contributed by atoms with Crippen molar-refractivity contribution < 1.29 is 0 Å². The summed E-state index contributed by atoms with van der Waals surface area (Å²) in [6.45, 7) is 5.68. The fourth-order valence-corrected chi connectivity index (χ4v) is 4.10. The Kier molecular flexibility index (Phi) is 4.10. The molecule has 6 heteroatoms. The minimum absolute atomic E-state index is 0.342. The molecule has 3 heterocycles. The molecule has 0 aliphatic carbocycles. The van der Waals surface area contributed by atoms with E-state index in [1.165, 1.54) is 32.4 Å². The van der Waals surface area contributed by atoms with Crippen LogP contribution in [0, 0.1) is 0 Å². The zero-order valence-electron chi connectivity index (χ0n) is 13.4. The van der Waals surface area contributed by atoms with Crippen LogP contribution in [-0.2, 0) is 0 Å². The van der Waals surface area contributed by atoms with Crippen molar-refractivity contribution in [3.05, 3.63) is 36.2 Å². The molecule has 1 saturated heterocycles. The second-order valence-corrected chi connectivity index (χ2v) is 7.24. The lowest BCUT2D eigenvalue weighted by Gasteiger charge is -2.28. The van der Waals surface area contributed by atoms with Gasteiger partial charge in [-0.15, -0.1) is 10.2 Å². The first-order valence-corrected chi connectivity index (χ1v) is 9.13. The molecule has 0 saturated carbocycles. The standard InChI is InChI=1S/C17H21N5S/c1-13(12-21-10-6-3-7-11-21)15-18-19-17-22(15)20-16(23-17)14-8-4-2-5-9-14/h2,4-5,8-9,13H,3,6-7,10-12H2,1H3. The molecule has 1 aliphatic heterocycles. The van der Waals surface area contributed by atoms with E-state index in [2.05, 4.69) is 34.2 Å². The van der Waals surface area contributed by atoms with Crippen LogP contribution >= 0.6 is 11.3 Å². The predicted octanol–water partition coefficient (Wildman–Crippen LogP) is 3.44. The molecule has 23 heavy (non-hydrogen) atoms. The van der Waals surface area contributed by atoms with Crippen LogP contribution in [0.3, 0.4) is 0 Å². The maximum atomic E-state index is 4.75. The van der Waals surface area contributed by atoms with Gasteiger partial charge in [-0.05, 0) is 25.9 Å². The Morgan fingerprint density at radius 2 is 1.87 bits per heavy atom. The fourth-order valence-electron chi connectivity index (χ4n) is 3.25. The third-order valence-corrected chi connectivity index (χ3v) is 5.41. The lowest BCUT2D eigenvalue weighted by atomic mass is 10.1. The number of hydrogen-bond donors (Lipinski definition) is 0. The van der Waals surface area contributed by atoms with E-state index in [-0.39, 0.29) is 0 Å². The zero-order chi connectivity index (χ0) is 15.6. The Labute approximate surface area is 140 Å². The van der Waals surface area contributed by atoms with E-state index in [0.717, 1.165) is 27.9 Å². The highest BCUT2D eigenvalue weighted by Crippen LogP contribution is 2.27. The number of hydrogen-bond acceptors (Lipinski definition) is 5. The van der Waals surface area contributed by atoms with E-state index in [9.17, 15) is 0 Å². The molecule has 1 unspecified atom stereocenters. The Morgan fingerprint density at radius 3 is 2.65 bits per heavy atom. The summed E-state index contributed by atoms with van der Waals surface area (Å²) in [5.74, 6) is 1.32. The van der Waals surface area contributed by atoms with Gasteiger partial charge in [0.15, 0.2) is 5.82 Å². The predicted molar refractivity (Wildman–Crippen MR) is 92.8 cm³/mol. The number of likely N-dealkylation sites (tertiary alicyclic amines) is 1. The number of piperidine rings is 1. The second-order valence-electron chi connectivity index (χ2n) is 6.29. The maximum absolute atomic E-state index is 4.75. The van der Waals surface area contributed by atoms with Crippen LogP contribution in [0.15, 0.2) is 30.3 Å². The van der Waals surface area contributed by atoms with Crippen molar-refractivity contribution in [1.29, 1.82) is 0 Å². The van der Waals surface area contributed by atoms with Crippen molar-refractivity contribution in [1.82, 2.24) is 24.7 Å². The monoisotopic (exact) mass is 327 g/mol. The summed E-state index contributed by atoms with van der Waals surface area (Å²) in [6, 6.07) is 10.3. The lowest BCUT2D eigenvalue weighted by Crippen LogP contribution is -2.33. The summed E-state index contributed by atoms with van der Waals surface area (Å²) in [5.41, 5.74) is 1.14. The van der Waals surface area contributed by atoms with E-state index >= 15 is 0 Å². The maximum Gasteiger partial charge on any atom is 0.234 e. The topological polar surface area (TPSA) is 46.3 Å². The van der Waals surface area contributed by atoms with Crippen LogP contribution in [0.5, 0.6) is 0 Å². The Bertz CT molecular complexity index is 773. The van der Waals surface area contributed by atoms with Crippen molar-refractivity contribution in [3.63, 3.8) is 0 Å². The van der Waals surface area contributed by atoms with E-state index in [1.807, 2.05) is 22.7 Å². The quantitative estimate of drug-likeness (QED) is 0.736. The highest BCUT2D eigenvalue weighted by atomic mass is 32.1. The molecule has 0 spiro atoms. The van der Waals surface area contributed by atoms with Crippen molar-refractivity contribution in [2.75, 3.05) is 19.6 Å². The minimum Gasteiger partial charge on any atom is -0.303 e. The van der Waals surface area contributed by atoms with Gasteiger partial charge >= 0.3 is 0 Å². The van der Waals surface area contributed by atoms with E-state index in [4.69, 9.17) is 5.10 Å². The molecule has 1 atom stereocenters. The van der Waals surface area contributed by atoms with Crippen molar-refractivity contribution in [3.8, 4) is 10.6 Å². The molecular weight excluding hydrogens is 306 g/mol. The third-order valence-electron chi connectivity index (χ3n) is 4.46. The average molecular weight is 327 g/mol. The van der Waals surface area contributed by atoms with E-state index < -0.39 is 0 Å². The largest absolute Gasteiger partial charge is 0.303 e. The van der Waals surface area contributed by atoms with Gasteiger partial charge in [-0.1, -0.05) is 55.0 Å². The molecule has 4 rings (SSSR count). The smallest absolute Gasteiger partial charge is 0.234 e. The first kappa shape index (κ1) is 14.8. The van der Waals surface area contributed by atoms with Crippen LogP contribution < -0.4 is 0 Å². The molecule has 0 radical (unpaired) electrons. The van der Waals surface area contributed by atoms with Gasteiger partial charge in [0.25, 0.3) is 0 Å². The van der Waals surface area contributed by atoms with Crippen LogP contribution in [0.25, 0.3) is 15.5 Å². The first-order valence-electron chi connectivity index (χ1n) is 8.31. The fraction of sp³-hybridized carbons (Fsp3) is 0.471. The summed E-state index contributed by atoms with van der Waals surface area (Å²) < 4.78 is 1.93. The Morgan fingerprint density at radius 1 is 1.09 bits per heavy atom. The van der Waals surface area contributed by atoms with Crippen molar-refractivity contribution in [2.24, 2.45) is 0 Å². The molecule has 0 amide bonds. The normalized spacial score (nSPS) is 17.6. The van der Waals surface area contributed by atoms with Gasteiger partial charge in [0.2, 0.25) is 4.96 Å². The Hall–Kier alpha value is -1.79. The van der Waals surface area contributed by atoms with Crippen molar-refractivity contribution in [2.45, 2.75) is 32.1 Å². The number of fused-ring (bicyclic) bond motifs is 1. The molecule has 1 aliphatic rings. The zero-order valence-corrected chi connectivity index (χ0v) is 14.2. The summed E-state index contributed by atoms with van der Waals surface area (Å²) in [5, 5.41) is 14.5. The molecule has 5 nitrogen and oxygen atoms in total. The lowest BCUT2D eigenvalue weighted by molar-refractivity contribution is 0.216. The van der Waals surface area contributed by atoms with Crippen LogP contribution in [-0.4, -0.2) is 44.3 Å². The van der Waals surface area contributed by atoms with Gasteiger partial charge in [-0.2, -0.15) is 9.61 Å². The summed E-state index contributed by atoms with van der Waals surface area (Å²) in [7, 11) is 0. The number of aromatic nitrogens is 4. The summed E-state index contributed by atoms with van der Waals surface area (Å²) in [6.07, 6.45) is 4.00.